The Labute approximate surface area is 122 Å². The van der Waals surface area contributed by atoms with Crippen LogP contribution in [0.3, 0.4) is 0 Å². The van der Waals surface area contributed by atoms with Crippen LogP contribution in [0.25, 0.3) is 0 Å². The molecule has 0 bridgehead atoms. The van der Waals surface area contributed by atoms with Crippen molar-refractivity contribution in [3.05, 3.63) is 58.9 Å². The Morgan fingerprint density at radius 1 is 1.15 bits per heavy atom. The smallest absolute Gasteiger partial charge is 0.150 e. The molecule has 3 nitrogen and oxygen atoms in total. The van der Waals surface area contributed by atoms with Crippen molar-refractivity contribution in [3.8, 4) is 5.75 Å². The van der Waals surface area contributed by atoms with E-state index in [9.17, 15) is 4.39 Å². The van der Waals surface area contributed by atoms with Gasteiger partial charge in [0.05, 0.1) is 6.61 Å². The average Bonchev–Trinajstić information content (AvgIpc) is 2.48. The van der Waals surface area contributed by atoms with E-state index in [1.54, 1.807) is 12.1 Å². The summed E-state index contributed by atoms with van der Waals surface area (Å²) in [6.45, 7) is 2.59. The minimum Gasteiger partial charge on any atom is -0.492 e. The normalized spacial score (nSPS) is 10.3. The van der Waals surface area contributed by atoms with E-state index in [4.69, 9.17) is 16.3 Å². The second kappa shape index (κ2) is 7.12. The van der Waals surface area contributed by atoms with Crippen LogP contribution in [0.2, 0.25) is 5.02 Å². The molecule has 5 heteroatoms. The second-order valence-electron chi connectivity index (χ2n) is 4.13. The van der Waals surface area contributed by atoms with Crippen LogP contribution in [0.15, 0.2) is 42.5 Å². The van der Waals surface area contributed by atoms with E-state index in [0.717, 1.165) is 5.69 Å². The van der Waals surface area contributed by atoms with Gasteiger partial charge in [-0.3, -0.25) is 0 Å². The minimum atomic E-state index is -0.458. The first-order valence-electron chi connectivity index (χ1n) is 6.36. The van der Waals surface area contributed by atoms with Crippen molar-refractivity contribution < 1.29 is 9.13 Å². The zero-order chi connectivity index (χ0) is 14.4. The predicted molar refractivity (Wildman–Crippen MR) is 79.5 cm³/mol. The summed E-state index contributed by atoms with van der Waals surface area (Å²) in [5.41, 5.74) is 7.32. The Bertz CT molecular complexity index is 563. The van der Waals surface area contributed by atoms with Crippen LogP contribution in [-0.4, -0.2) is 6.61 Å². The lowest BCUT2D eigenvalue weighted by Crippen LogP contribution is -2.21. The van der Waals surface area contributed by atoms with Crippen LogP contribution in [0.1, 0.15) is 12.5 Å². The first-order chi connectivity index (χ1) is 9.72. The fourth-order valence-electron chi connectivity index (χ4n) is 1.74. The number of para-hydroxylation sites is 1. The van der Waals surface area contributed by atoms with Gasteiger partial charge in [0.15, 0.2) is 0 Å². The summed E-state index contributed by atoms with van der Waals surface area (Å²) in [6, 6.07) is 12.9. The Morgan fingerprint density at radius 2 is 1.90 bits per heavy atom. The molecule has 2 aromatic carbocycles. The summed E-state index contributed by atoms with van der Waals surface area (Å²) >= 11 is 5.92. The quantitative estimate of drug-likeness (QED) is 0.790. The van der Waals surface area contributed by atoms with Gasteiger partial charge in [0, 0.05) is 17.8 Å². The van der Waals surface area contributed by atoms with Crippen molar-refractivity contribution in [2.24, 2.45) is 0 Å². The molecule has 2 aromatic rings. The molecule has 0 aliphatic heterocycles. The fourth-order valence-corrected chi connectivity index (χ4v) is 1.98. The third kappa shape index (κ3) is 3.62. The number of ether oxygens (including phenoxy) is 1. The maximum Gasteiger partial charge on any atom is 0.150 e. The van der Waals surface area contributed by atoms with Crippen molar-refractivity contribution in [3.63, 3.8) is 0 Å². The van der Waals surface area contributed by atoms with E-state index < -0.39 is 5.82 Å². The molecule has 0 heterocycles. The van der Waals surface area contributed by atoms with Gasteiger partial charge in [0.2, 0.25) is 0 Å². The van der Waals surface area contributed by atoms with Gasteiger partial charge in [0.25, 0.3) is 0 Å². The Morgan fingerprint density at radius 3 is 2.60 bits per heavy atom. The first-order valence-corrected chi connectivity index (χ1v) is 6.73. The Kier molecular flexibility index (Phi) is 5.21. The third-order valence-electron chi connectivity index (χ3n) is 2.71. The van der Waals surface area contributed by atoms with Crippen molar-refractivity contribution in [2.75, 3.05) is 12.0 Å². The highest BCUT2D eigenvalue weighted by Gasteiger charge is 2.12. The number of halogens is 2. The molecule has 2 N–H and O–H groups in total. The zero-order valence-corrected chi connectivity index (χ0v) is 11.9. The number of hydrazine groups is 1. The molecule has 0 aliphatic carbocycles. The predicted octanol–water partition coefficient (Wildman–Crippen LogP) is 3.99. The summed E-state index contributed by atoms with van der Waals surface area (Å²) in [6.07, 6.45) is 0. The molecule has 0 unspecified atom stereocenters. The lowest BCUT2D eigenvalue weighted by Gasteiger charge is -2.12. The first kappa shape index (κ1) is 14.6. The number of anilines is 1. The van der Waals surface area contributed by atoms with Crippen LogP contribution in [0.4, 0.5) is 10.1 Å². The van der Waals surface area contributed by atoms with Crippen molar-refractivity contribution in [2.45, 2.75) is 13.5 Å². The molecule has 0 radical (unpaired) electrons. The van der Waals surface area contributed by atoms with Crippen molar-refractivity contribution in [1.82, 2.24) is 5.43 Å². The number of hydrogen-bond donors (Lipinski definition) is 2. The van der Waals surface area contributed by atoms with Crippen LogP contribution >= 0.6 is 11.6 Å². The molecule has 0 spiro atoms. The van der Waals surface area contributed by atoms with Crippen LogP contribution in [0.5, 0.6) is 5.75 Å². The maximum atomic E-state index is 14.0. The maximum absolute atomic E-state index is 14.0. The van der Waals surface area contributed by atoms with Gasteiger partial charge in [-0.2, -0.15) is 0 Å². The Balaban J connectivity index is 1.98. The van der Waals surface area contributed by atoms with E-state index in [-0.39, 0.29) is 5.02 Å². The van der Waals surface area contributed by atoms with E-state index in [0.29, 0.717) is 24.5 Å². The fraction of sp³-hybridized carbons (Fsp3) is 0.200. The minimum absolute atomic E-state index is 0.0193. The number of rotatable bonds is 6. The van der Waals surface area contributed by atoms with Crippen LogP contribution < -0.4 is 15.6 Å². The van der Waals surface area contributed by atoms with E-state index >= 15 is 0 Å². The SMILES string of the molecule is CCOc1ccc(CNNc2ccccc2)c(F)c1Cl. The lowest BCUT2D eigenvalue weighted by molar-refractivity contribution is 0.338. The van der Waals surface area contributed by atoms with E-state index in [1.165, 1.54) is 0 Å². The number of nitrogens with one attached hydrogen (secondary N) is 2. The number of benzene rings is 2. The second-order valence-corrected chi connectivity index (χ2v) is 4.51. The summed E-state index contributed by atoms with van der Waals surface area (Å²) in [5, 5.41) is 0.0193. The van der Waals surface area contributed by atoms with E-state index in [1.807, 2.05) is 37.3 Å². The topological polar surface area (TPSA) is 33.3 Å². The number of hydrogen-bond acceptors (Lipinski definition) is 3. The lowest BCUT2D eigenvalue weighted by atomic mass is 10.2. The summed E-state index contributed by atoms with van der Waals surface area (Å²) < 4.78 is 19.3. The van der Waals surface area contributed by atoms with Crippen molar-refractivity contribution in [1.29, 1.82) is 0 Å². The third-order valence-corrected chi connectivity index (χ3v) is 3.06. The van der Waals surface area contributed by atoms with Gasteiger partial charge < -0.3 is 10.2 Å². The Hall–Kier alpha value is -1.78. The molecular formula is C15H16ClFN2O. The zero-order valence-electron chi connectivity index (χ0n) is 11.1. The highest BCUT2D eigenvalue weighted by Crippen LogP contribution is 2.29. The molecule has 2 rings (SSSR count). The summed E-state index contributed by atoms with van der Waals surface area (Å²) in [5.74, 6) is -0.0913. The molecule has 106 valence electrons. The van der Waals surface area contributed by atoms with Gasteiger partial charge in [-0.25, -0.2) is 9.82 Å². The molecule has 0 aromatic heterocycles. The summed E-state index contributed by atoms with van der Waals surface area (Å²) in [4.78, 5) is 0. The molecule has 0 saturated carbocycles. The average molecular weight is 295 g/mol. The van der Waals surface area contributed by atoms with Gasteiger partial charge in [0.1, 0.15) is 16.6 Å². The highest BCUT2D eigenvalue weighted by molar-refractivity contribution is 6.32. The highest BCUT2D eigenvalue weighted by atomic mass is 35.5. The molecule has 0 fully saturated rings. The van der Waals surface area contributed by atoms with Gasteiger partial charge in [-0.05, 0) is 25.1 Å². The standard InChI is InChI=1S/C15H16ClFN2O/c1-2-20-13-9-8-11(15(17)14(13)16)10-18-19-12-6-4-3-5-7-12/h3-9,18-19H,2,10H2,1H3. The summed E-state index contributed by atoms with van der Waals surface area (Å²) in [7, 11) is 0. The van der Waals surface area contributed by atoms with Crippen LogP contribution in [0, 0.1) is 5.82 Å². The van der Waals surface area contributed by atoms with Crippen molar-refractivity contribution >= 4 is 17.3 Å². The van der Waals surface area contributed by atoms with E-state index in [2.05, 4.69) is 10.9 Å². The largest absolute Gasteiger partial charge is 0.492 e. The van der Waals surface area contributed by atoms with Crippen LogP contribution in [-0.2, 0) is 6.54 Å². The molecule has 0 amide bonds. The molecule has 0 atom stereocenters. The molecule has 0 aliphatic rings. The molecule has 0 saturated heterocycles. The monoisotopic (exact) mass is 294 g/mol. The van der Waals surface area contributed by atoms with Gasteiger partial charge in [-0.1, -0.05) is 35.9 Å². The van der Waals surface area contributed by atoms with Gasteiger partial charge >= 0.3 is 0 Å². The van der Waals surface area contributed by atoms with Gasteiger partial charge in [-0.15, -0.1) is 0 Å². The molecule has 20 heavy (non-hydrogen) atoms. The molecular weight excluding hydrogens is 279 g/mol.